The molecule has 25 heavy (non-hydrogen) atoms. The van der Waals surface area contributed by atoms with Crippen LogP contribution in [0.1, 0.15) is 55.8 Å². The first-order chi connectivity index (χ1) is 11.9. The van der Waals surface area contributed by atoms with Crippen LogP contribution in [0.3, 0.4) is 0 Å². The monoisotopic (exact) mass is 343 g/mol. The zero-order chi connectivity index (χ0) is 17.8. The van der Waals surface area contributed by atoms with Crippen LogP contribution in [0.25, 0.3) is 0 Å². The SMILES string of the molecule is CC(Nc1ccc(C(N)=O)cc1[N+](=O)[O-])C12CC3CC(CC(C3)C1)C2. The number of rotatable bonds is 5. The van der Waals surface area contributed by atoms with Crippen LogP contribution >= 0.6 is 0 Å². The molecular formula is C19H25N3O3. The normalized spacial score (nSPS) is 33.9. The summed E-state index contributed by atoms with van der Waals surface area (Å²) >= 11 is 0. The summed E-state index contributed by atoms with van der Waals surface area (Å²) in [5.41, 5.74) is 6.08. The Hall–Kier alpha value is -2.11. The van der Waals surface area contributed by atoms with E-state index >= 15 is 0 Å². The summed E-state index contributed by atoms with van der Waals surface area (Å²) in [6, 6.07) is 4.63. The molecule has 0 spiro atoms. The molecule has 1 amide bonds. The Morgan fingerprint density at radius 3 is 2.28 bits per heavy atom. The van der Waals surface area contributed by atoms with Gasteiger partial charge in [0.1, 0.15) is 5.69 Å². The van der Waals surface area contributed by atoms with Crippen molar-refractivity contribution in [2.75, 3.05) is 5.32 Å². The zero-order valence-corrected chi connectivity index (χ0v) is 14.5. The van der Waals surface area contributed by atoms with Gasteiger partial charge < -0.3 is 11.1 Å². The molecule has 6 heteroatoms. The minimum atomic E-state index is -0.649. The highest BCUT2D eigenvalue weighted by atomic mass is 16.6. The van der Waals surface area contributed by atoms with Crippen molar-refractivity contribution in [2.45, 2.75) is 51.5 Å². The van der Waals surface area contributed by atoms with E-state index < -0.39 is 10.8 Å². The quantitative estimate of drug-likeness (QED) is 0.629. The summed E-state index contributed by atoms with van der Waals surface area (Å²) in [5.74, 6) is 1.86. The maximum Gasteiger partial charge on any atom is 0.293 e. The third-order valence-electron chi connectivity index (χ3n) is 6.86. The fourth-order valence-electron chi connectivity index (χ4n) is 6.05. The number of carbonyl (C=O) groups is 1. The Morgan fingerprint density at radius 1 is 1.24 bits per heavy atom. The second-order valence-corrected chi connectivity index (χ2v) is 8.50. The highest BCUT2D eigenvalue weighted by molar-refractivity contribution is 5.94. The summed E-state index contributed by atoms with van der Waals surface area (Å²) in [6.45, 7) is 2.17. The van der Waals surface area contributed by atoms with Crippen molar-refractivity contribution in [3.05, 3.63) is 33.9 Å². The molecule has 0 aliphatic heterocycles. The van der Waals surface area contributed by atoms with Gasteiger partial charge in [0.25, 0.3) is 5.69 Å². The summed E-state index contributed by atoms with van der Waals surface area (Å²) in [7, 11) is 0. The van der Waals surface area contributed by atoms with Gasteiger partial charge in [-0.15, -0.1) is 0 Å². The number of benzene rings is 1. The van der Waals surface area contributed by atoms with E-state index in [1.165, 1.54) is 44.6 Å². The van der Waals surface area contributed by atoms with Crippen LogP contribution in [0.4, 0.5) is 11.4 Å². The smallest absolute Gasteiger partial charge is 0.293 e. The van der Waals surface area contributed by atoms with Gasteiger partial charge in [0.2, 0.25) is 5.91 Å². The lowest BCUT2D eigenvalue weighted by atomic mass is 9.48. The van der Waals surface area contributed by atoms with E-state index in [1.807, 2.05) is 0 Å². The maximum absolute atomic E-state index is 11.4. The molecule has 0 radical (unpaired) electrons. The molecule has 4 aliphatic carbocycles. The van der Waals surface area contributed by atoms with Crippen molar-refractivity contribution in [3.63, 3.8) is 0 Å². The van der Waals surface area contributed by atoms with Crippen LogP contribution < -0.4 is 11.1 Å². The Bertz CT molecular complexity index is 695. The Kier molecular flexibility index (Phi) is 3.74. The standard InChI is InChI=1S/C19H25N3O3/c1-11(19-8-12-4-13(9-19)6-14(5-12)10-19)21-16-3-2-15(18(20)23)7-17(16)22(24)25/h2-3,7,11-14,21H,4-6,8-10H2,1H3,(H2,20,23). The van der Waals surface area contributed by atoms with Crippen molar-refractivity contribution in [1.29, 1.82) is 0 Å². The Labute approximate surface area is 147 Å². The lowest BCUT2D eigenvalue weighted by Crippen LogP contribution is -2.52. The second-order valence-electron chi connectivity index (χ2n) is 8.50. The van der Waals surface area contributed by atoms with Gasteiger partial charge in [0.15, 0.2) is 0 Å². The molecule has 1 unspecified atom stereocenters. The highest BCUT2D eigenvalue weighted by Gasteiger charge is 2.53. The lowest BCUT2D eigenvalue weighted by Gasteiger charge is -2.59. The van der Waals surface area contributed by atoms with Gasteiger partial charge in [0.05, 0.1) is 4.92 Å². The van der Waals surface area contributed by atoms with Gasteiger partial charge in [-0.25, -0.2) is 0 Å². The van der Waals surface area contributed by atoms with E-state index in [0.717, 1.165) is 17.8 Å². The summed E-state index contributed by atoms with van der Waals surface area (Å²) in [5, 5.41) is 14.9. The van der Waals surface area contributed by atoms with E-state index in [4.69, 9.17) is 5.73 Å². The molecular weight excluding hydrogens is 318 g/mol. The van der Waals surface area contributed by atoms with Gasteiger partial charge in [-0.3, -0.25) is 14.9 Å². The number of amides is 1. The van der Waals surface area contributed by atoms with Crippen LogP contribution in [-0.2, 0) is 0 Å². The largest absolute Gasteiger partial charge is 0.376 e. The highest BCUT2D eigenvalue weighted by Crippen LogP contribution is 2.61. The molecule has 1 aromatic rings. The molecule has 0 saturated heterocycles. The number of anilines is 1. The molecule has 3 N–H and O–H groups in total. The maximum atomic E-state index is 11.4. The number of nitrogens with one attached hydrogen (secondary N) is 1. The molecule has 1 aromatic carbocycles. The minimum absolute atomic E-state index is 0.0760. The van der Waals surface area contributed by atoms with E-state index in [1.54, 1.807) is 12.1 Å². The number of primary amides is 1. The fraction of sp³-hybridized carbons (Fsp3) is 0.632. The van der Waals surface area contributed by atoms with E-state index in [2.05, 4.69) is 12.2 Å². The summed E-state index contributed by atoms with van der Waals surface area (Å²) < 4.78 is 0. The van der Waals surface area contributed by atoms with Crippen LogP contribution in [0.15, 0.2) is 18.2 Å². The van der Waals surface area contributed by atoms with Crippen LogP contribution in [0.2, 0.25) is 0 Å². The zero-order valence-electron chi connectivity index (χ0n) is 14.5. The van der Waals surface area contributed by atoms with Gasteiger partial charge in [-0.1, -0.05) is 0 Å². The van der Waals surface area contributed by atoms with E-state index in [-0.39, 0.29) is 22.7 Å². The Balaban J connectivity index is 1.60. The average molecular weight is 343 g/mol. The van der Waals surface area contributed by atoms with Crippen molar-refractivity contribution in [2.24, 2.45) is 28.9 Å². The second kappa shape index (κ2) is 5.71. The first-order valence-corrected chi connectivity index (χ1v) is 9.21. The third-order valence-corrected chi connectivity index (χ3v) is 6.86. The van der Waals surface area contributed by atoms with Gasteiger partial charge in [-0.05, 0) is 80.8 Å². The van der Waals surface area contributed by atoms with Crippen molar-refractivity contribution in [1.82, 2.24) is 0 Å². The predicted molar refractivity (Wildman–Crippen MR) is 95.3 cm³/mol. The van der Waals surface area contributed by atoms with E-state index in [0.29, 0.717) is 5.69 Å². The number of nitrogens with zero attached hydrogens (tertiary/aromatic N) is 1. The van der Waals surface area contributed by atoms with Crippen molar-refractivity contribution < 1.29 is 9.72 Å². The molecule has 0 heterocycles. The number of carbonyl (C=O) groups excluding carboxylic acids is 1. The number of hydrogen-bond acceptors (Lipinski definition) is 4. The van der Waals surface area contributed by atoms with E-state index in [9.17, 15) is 14.9 Å². The Morgan fingerprint density at radius 2 is 1.80 bits per heavy atom. The molecule has 134 valence electrons. The molecule has 1 atom stereocenters. The van der Waals surface area contributed by atoms with Crippen LogP contribution in [0.5, 0.6) is 0 Å². The van der Waals surface area contributed by atoms with Crippen LogP contribution in [0, 0.1) is 33.3 Å². The number of nitro benzene ring substituents is 1. The van der Waals surface area contributed by atoms with Gasteiger partial charge in [-0.2, -0.15) is 0 Å². The molecule has 4 aliphatic rings. The first kappa shape index (κ1) is 16.4. The van der Waals surface area contributed by atoms with Crippen molar-refractivity contribution >= 4 is 17.3 Å². The first-order valence-electron chi connectivity index (χ1n) is 9.21. The van der Waals surface area contributed by atoms with Crippen LogP contribution in [-0.4, -0.2) is 16.9 Å². The number of nitrogens with two attached hydrogens (primary N) is 1. The fourth-order valence-corrected chi connectivity index (χ4v) is 6.05. The molecule has 4 bridgehead atoms. The third kappa shape index (κ3) is 2.77. The predicted octanol–water partition coefficient (Wildman–Crippen LogP) is 3.71. The molecule has 6 nitrogen and oxygen atoms in total. The number of nitro groups is 1. The number of hydrogen-bond donors (Lipinski definition) is 2. The average Bonchev–Trinajstić information content (AvgIpc) is 2.53. The summed E-state index contributed by atoms with van der Waals surface area (Å²) in [6.07, 6.45) is 7.83. The summed E-state index contributed by atoms with van der Waals surface area (Å²) in [4.78, 5) is 22.3. The molecule has 4 saturated carbocycles. The molecule has 0 aromatic heterocycles. The lowest BCUT2D eigenvalue weighted by molar-refractivity contribution is -0.384. The van der Waals surface area contributed by atoms with Gasteiger partial charge >= 0.3 is 0 Å². The molecule has 4 fully saturated rings. The topological polar surface area (TPSA) is 98.3 Å². The minimum Gasteiger partial charge on any atom is -0.376 e. The molecule has 5 rings (SSSR count). The van der Waals surface area contributed by atoms with Gasteiger partial charge in [0, 0.05) is 17.7 Å². The van der Waals surface area contributed by atoms with Crippen molar-refractivity contribution in [3.8, 4) is 0 Å².